The van der Waals surface area contributed by atoms with Gasteiger partial charge in [0.15, 0.2) is 0 Å². The van der Waals surface area contributed by atoms with Gasteiger partial charge in [-0.25, -0.2) is 0 Å². The molecule has 0 aromatic heterocycles. The van der Waals surface area contributed by atoms with Crippen LogP contribution in [-0.4, -0.2) is 6.54 Å². The first kappa shape index (κ1) is 12.3. The SMILES string of the molecule is CC1CCC(CNc2cccc(Cl)c2C#N)C1. The Balaban J connectivity index is 2.00. The summed E-state index contributed by atoms with van der Waals surface area (Å²) in [4.78, 5) is 0. The van der Waals surface area contributed by atoms with E-state index in [1.807, 2.05) is 12.1 Å². The second-order valence-electron chi connectivity index (χ2n) is 4.94. The Morgan fingerprint density at radius 1 is 1.47 bits per heavy atom. The van der Waals surface area contributed by atoms with E-state index in [1.165, 1.54) is 19.3 Å². The molecular formula is C14H17ClN2. The lowest BCUT2D eigenvalue weighted by Crippen LogP contribution is -2.12. The molecule has 0 spiro atoms. The van der Waals surface area contributed by atoms with Gasteiger partial charge in [0.05, 0.1) is 16.3 Å². The molecule has 1 aromatic carbocycles. The zero-order chi connectivity index (χ0) is 12.3. The second kappa shape index (κ2) is 5.42. The zero-order valence-electron chi connectivity index (χ0n) is 10.0. The summed E-state index contributed by atoms with van der Waals surface area (Å²) in [6.07, 6.45) is 3.90. The Morgan fingerprint density at radius 2 is 2.29 bits per heavy atom. The van der Waals surface area contributed by atoms with Gasteiger partial charge < -0.3 is 5.32 Å². The lowest BCUT2D eigenvalue weighted by atomic mass is 10.1. The molecule has 90 valence electrons. The van der Waals surface area contributed by atoms with Crippen molar-refractivity contribution in [2.45, 2.75) is 26.2 Å². The van der Waals surface area contributed by atoms with Crippen molar-refractivity contribution in [1.29, 1.82) is 5.26 Å². The minimum absolute atomic E-state index is 0.525. The Labute approximate surface area is 108 Å². The molecule has 17 heavy (non-hydrogen) atoms. The Kier molecular flexibility index (Phi) is 3.91. The highest BCUT2D eigenvalue weighted by atomic mass is 35.5. The topological polar surface area (TPSA) is 35.8 Å². The first-order valence-corrected chi connectivity index (χ1v) is 6.51. The van der Waals surface area contributed by atoms with Crippen LogP contribution in [0.25, 0.3) is 0 Å². The molecule has 1 aliphatic carbocycles. The minimum Gasteiger partial charge on any atom is -0.384 e. The minimum atomic E-state index is 0.525. The van der Waals surface area contributed by atoms with Crippen LogP contribution >= 0.6 is 11.6 Å². The van der Waals surface area contributed by atoms with Gasteiger partial charge in [-0.15, -0.1) is 0 Å². The summed E-state index contributed by atoms with van der Waals surface area (Å²) in [5.74, 6) is 1.58. The van der Waals surface area contributed by atoms with Crippen molar-refractivity contribution in [1.82, 2.24) is 0 Å². The normalized spacial score (nSPS) is 23.4. The molecule has 1 aliphatic rings. The second-order valence-corrected chi connectivity index (χ2v) is 5.35. The van der Waals surface area contributed by atoms with Crippen molar-refractivity contribution in [3.63, 3.8) is 0 Å². The number of hydrogen-bond acceptors (Lipinski definition) is 2. The molecule has 2 unspecified atom stereocenters. The number of rotatable bonds is 3. The maximum Gasteiger partial charge on any atom is 0.103 e. The van der Waals surface area contributed by atoms with Gasteiger partial charge in [-0.1, -0.05) is 31.0 Å². The van der Waals surface area contributed by atoms with Crippen molar-refractivity contribution in [3.8, 4) is 6.07 Å². The molecule has 2 rings (SSSR count). The van der Waals surface area contributed by atoms with Crippen molar-refractivity contribution >= 4 is 17.3 Å². The Hall–Kier alpha value is -1.20. The fourth-order valence-electron chi connectivity index (χ4n) is 2.55. The monoisotopic (exact) mass is 248 g/mol. The quantitative estimate of drug-likeness (QED) is 0.876. The molecule has 0 heterocycles. The maximum atomic E-state index is 9.06. The summed E-state index contributed by atoms with van der Waals surface area (Å²) in [6, 6.07) is 7.70. The molecule has 3 heteroatoms. The predicted molar refractivity (Wildman–Crippen MR) is 71.2 cm³/mol. The predicted octanol–water partition coefficient (Wildman–Crippen LogP) is 4.06. The van der Waals surface area contributed by atoms with Gasteiger partial charge in [0.1, 0.15) is 6.07 Å². The molecule has 2 nitrogen and oxygen atoms in total. The van der Waals surface area contributed by atoms with Crippen LogP contribution in [0.5, 0.6) is 0 Å². The van der Waals surface area contributed by atoms with E-state index in [4.69, 9.17) is 16.9 Å². The third kappa shape index (κ3) is 2.92. The molecule has 1 N–H and O–H groups in total. The smallest absolute Gasteiger partial charge is 0.103 e. The van der Waals surface area contributed by atoms with Crippen molar-refractivity contribution in [2.24, 2.45) is 11.8 Å². The first-order valence-electron chi connectivity index (χ1n) is 6.13. The molecular weight excluding hydrogens is 232 g/mol. The fourth-order valence-corrected chi connectivity index (χ4v) is 2.77. The highest BCUT2D eigenvalue weighted by Gasteiger charge is 2.21. The van der Waals surface area contributed by atoms with Gasteiger partial charge >= 0.3 is 0 Å². The van der Waals surface area contributed by atoms with E-state index in [0.717, 1.165) is 24.1 Å². The maximum absolute atomic E-state index is 9.06. The highest BCUT2D eigenvalue weighted by Crippen LogP contribution is 2.31. The summed E-state index contributed by atoms with van der Waals surface area (Å²) < 4.78 is 0. The van der Waals surface area contributed by atoms with E-state index in [9.17, 15) is 0 Å². The third-order valence-corrected chi connectivity index (χ3v) is 3.82. The van der Waals surface area contributed by atoms with E-state index in [-0.39, 0.29) is 0 Å². The summed E-state index contributed by atoms with van der Waals surface area (Å²) in [5, 5.41) is 12.9. The number of nitrogens with zero attached hydrogens (tertiary/aromatic N) is 1. The number of hydrogen-bond donors (Lipinski definition) is 1. The van der Waals surface area contributed by atoms with Gasteiger partial charge in [-0.3, -0.25) is 0 Å². The first-order chi connectivity index (χ1) is 8.20. The molecule has 1 fully saturated rings. The van der Waals surface area contributed by atoms with Crippen molar-refractivity contribution in [2.75, 3.05) is 11.9 Å². The highest BCUT2D eigenvalue weighted by molar-refractivity contribution is 6.32. The lowest BCUT2D eigenvalue weighted by Gasteiger charge is -2.13. The van der Waals surface area contributed by atoms with Crippen LogP contribution in [0.4, 0.5) is 5.69 Å². The Morgan fingerprint density at radius 3 is 2.94 bits per heavy atom. The third-order valence-electron chi connectivity index (χ3n) is 3.51. The van der Waals surface area contributed by atoms with Crippen LogP contribution in [0.15, 0.2) is 18.2 Å². The van der Waals surface area contributed by atoms with Crippen molar-refractivity contribution in [3.05, 3.63) is 28.8 Å². The van der Waals surface area contributed by atoms with E-state index in [2.05, 4.69) is 18.3 Å². The number of nitrogens with one attached hydrogen (secondary N) is 1. The number of nitriles is 1. The van der Waals surface area contributed by atoms with Gasteiger partial charge in [0.2, 0.25) is 0 Å². The zero-order valence-corrected chi connectivity index (χ0v) is 10.8. The van der Waals surface area contributed by atoms with E-state index < -0.39 is 0 Å². The Bertz CT molecular complexity index is 436. The number of benzene rings is 1. The number of halogens is 1. The number of anilines is 1. The van der Waals surface area contributed by atoms with Crippen molar-refractivity contribution < 1.29 is 0 Å². The molecule has 0 radical (unpaired) electrons. The summed E-state index contributed by atoms with van der Waals surface area (Å²) in [6.45, 7) is 3.25. The van der Waals surface area contributed by atoms with Crippen LogP contribution in [0.3, 0.4) is 0 Å². The van der Waals surface area contributed by atoms with Crippen LogP contribution < -0.4 is 5.32 Å². The van der Waals surface area contributed by atoms with E-state index in [1.54, 1.807) is 6.07 Å². The van der Waals surface area contributed by atoms with Gasteiger partial charge in [0.25, 0.3) is 0 Å². The summed E-state index contributed by atoms with van der Waals surface area (Å²) in [7, 11) is 0. The van der Waals surface area contributed by atoms with E-state index in [0.29, 0.717) is 10.6 Å². The lowest BCUT2D eigenvalue weighted by molar-refractivity contribution is 0.537. The largest absolute Gasteiger partial charge is 0.384 e. The fraction of sp³-hybridized carbons (Fsp3) is 0.500. The molecule has 0 aliphatic heterocycles. The van der Waals surface area contributed by atoms with Gasteiger partial charge in [-0.2, -0.15) is 5.26 Å². The molecule has 1 aromatic rings. The van der Waals surface area contributed by atoms with Gasteiger partial charge in [0, 0.05) is 6.54 Å². The average molecular weight is 249 g/mol. The summed E-state index contributed by atoms with van der Waals surface area (Å²) in [5.41, 5.74) is 1.42. The van der Waals surface area contributed by atoms with Crippen LogP contribution in [0.1, 0.15) is 31.7 Å². The molecule has 0 amide bonds. The van der Waals surface area contributed by atoms with Crippen LogP contribution in [-0.2, 0) is 0 Å². The average Bonchev–Trinajstić information content (AvgIpc) is 2.72. The standard InChI is InChI=1S/C14H17ClN2/c1-10-5-6-11(7-10)9-17-14-4-2-3-13(15)12(14)8-16/h2-4,10-11,17H,5-7,9H2,1H3. The summed E-state index contributed by atoms with van der Waals surface area (Å²) >= 11 is 5.99. The molecule has 0 saturated heterocycles. The molecule has 0 bridgehead atoms. The molecule has 2 atom stereocenters. The van der Waals surface area contributed by atoms with Gasteiger partial charge in [-0.05, 0) is 36.8 Å². The van der Waals surface area contributed by atoms with Crippen LogP contribution in [0.2, 0.25) is 5.02 Å². The van der Waals surface area contributed by atoms with E-state index >= 15 is 0 Å². The van der Waals surface area contributed by atoms with Crippen LogP contribution in [0, 0.1) is 23.2 Å². The molecule has 1 saturated carbocycles.